The van der Waals surface area contributed by atoms with Gasteiger partial charge in [-0.25, -0.2) is 4.21 Å². The summed E-state index contributed by atoms with van der Waals surface area (Å²) in [5.74, 6) is 0. The average molecular weight is 279 g/mol. The van der Waals surface area contributed by atoms with E-state index in [4.69, 9.17) is 8.76 Å². The summed E-state index contributed by atoms with van der Waals surface area (Å²) >= 11 is -1.61. The Labute approximate surface area is 54.9 Å². The van der Waals surface area contributed by atoms with Gasteiger partial charge < -0.3 is 12.0 Å². The molecule has 0 radical (unpaired) electrons. The van der Waals surface area contributed by atoms with E-state index in [2.05, 4.69) is 0 Å². The van der Waals surface area contributed by atoms with Crippen LogP contribution < -0.4 is 0 Å². The van der Waals surface area contributed by atoms with Crippen molar-refractivity contribution in [2.75, 3.05) is 6.26 Å². The summed E-state index contributed by atoms with van der Waals surface area (Å²) in [6.45, 7) is 0. The molecule has 1 atom stereocenters. The Bertz CT molecular complexity index is 34.5. The summed E-state index contributed by atoms with van der Waals surface area (Å²) in [4.78, 5) is 0. The molecule has 0 aliphatic heterocycles. The van der Waals surface area contributed by atoms with E-state index in [-0.39, 0.29) is 28.5 Å². The molecule has 2 nitrogen and oxygen atoms in total. The molecule has 6 heavy (non-hydrogen) atoms. The second kappa shape index (κ2) is 9.25. The molecular formula is C2H7O2SW-. The molecule has 0 aromatic heterocycles. The van der Waals surface area contributed by atoms with Crippen LogP contribution in [-0.2, 0) is 32.1 Å². The SMILES string of the molecule is CS(=O)O.[CH3-].[W]. The van der Waals surface area contributed by atoms with Crippen LogP contribution in [0.25, 0.3) is 0 Å². The van der Waals surface area contributed by atoms with Gasteiger partial charge in [0.15, 0.2) is 0 Å². The van der Waals surface area contributed by atoms with Crippen molar-refractivity contribution in [2.24, 2.45) is 0 Å². The summed E-state index contributed by atoms with van der Waals surface area (Å²) in [6, 6.07) is 0. The van der Waals surface area contributed by atoms with E-state index < -0.39 is 11.1 Å². The molecule has 0 aliphatic rings. The van der Waals surface area contributed by atoms with E-state index in [0.29, 0.717) is 0 Å². The van der Waals surface area contributed by atoms with E-state index in [1.807, 2.05) is 0 Å². The van der Waals surface area contributed by atoms with Crippen LogP contribution in [0.5, 0.6) is 0 Å². The first-order valence-electron chi connectivity index (χ1n) is 0.757. The zero-order valence-electron chi connectivity index (χ0n) is 3.67. The Kier molecular flexibility index (Phi) is 24.4. The minimum atomic E-state index is -1.61. The Balaban J connectivity index is -0.0000000450. The molecule has 0 saturated carbocycles. The number of hydrogen-bond donors (Lipinski definition) is 1. The molecule has 0 aromatic rings. The molecule has 0 saturated heterocycles. The summed E-state index contributed by atoms with van der Waals surface area (Å²) in [7, 11) is 0. The maximum atomic E-state index is 9.11. The zero-order valence-corrected chi connectivity index (χ0v) is 7.42. The molecule has 0 fully saturated rings. The van der Waals surface area contributed by atoms with Gasteiger partial charge in [-0.1, -0.05) is 0 Å². The van der Waals surface area contributed by atoms with Crippen molar-refractivity contribution in [3.05, 3.63) is 7.43 Å². The monoisotopic (exact) mass is 279 g/mol. The molecular weight excluding hydrogens is 272 g/mol. The minimum absolute atomic E-state index is 0. The van der Waals surface area contributed by atoms with Gasteiger partial charge in [0.1, 0.15) is 11.1 Å². The van der Waals surface area contributed by atoms with E-state index in [1.165, 1.54) is 6.26 Å². The third kappa shape index (κ3) is 109. The van der Waals surface area contributed by atoms with Crippen molar-refractivity contribution in [3.63, 3.8) is 0 Å². The molecule has 4 heteroatoms. The van der Waals surface area contributed by atoms with E-state index in [0.717, 1.165) is 0 Å². The van der Waals surface area contributed by atoms with Crippen LogP contribution in [0.2, 0.25) is 0 Å². The predicted molar refractivity (Wildman–Crippen MR) is 23.1 cm³/mol. The van der Waals surface area contributed by atoms with Gasteiger partial charge >= 0.3 is 0 Å². The fourth-order valence-corrected chi connectivity index (χ4v) is 0. The normalized spacial score (nSPS) is 10.3. The third-order valence-electron chi connectivity index (χ3n) is 0. The quantitative estimate of drug-likeness (QED) is 0.511. The number of hydrogen-bond acceptors (Lipinski definition) is 1. The number of rotatable bonds is 0. The summed E-state index contributed by atoms with van der Waals surface area (Å²) in [5.41, 5.74) is 0. The second-order valence-electron chi connectivity index (χ2n) is 0.424. The van der Waals surface area contributed by atoms with Crippen molar-refractivity contribution in [2.45, 2.75) is 0 Å². The van der Waals surface area contributed by atoms with E-state index in [9.17, 15) is 0 Å². The molecule has 0 amide bonds. The fourth-order valence-electron chi connectivity index (χ4n) is 0. The molecule has 40 valence electrons. The molecule has 1 unspecified atom stereocenters. The molecule has 1 N–H and O–H groups in total. The first-order valence-corrected chi connectivity index (χ1v) is 2.27. The zero-order chi connectivity index (χ0) is 3.58. The van der Waals surface area contributed by atoms with Crippen molar-refractivity contribution in [1.29, 1.82) is 0 Å². The molecule has 0 aliphatic carbocycles. The predicted octanol–water partition coefficient (Wildman–Crippen LogP) is 0.286. The molecule has 0 spiro atoms. The Morgan fingerprint density at radius 1 is 1.67 bits per heavy atom. The van der Waals surface area contributed by atoms with Gasteiger partial charge in [0.05, 0.1) is 0 Å². The Morgan fingerprint density at radius 2 is 1.67 bits per heavy atom. The van der Waals surface area contributed by atoms with Crippen molar-refractivity contribution in [3.8, 4) is 0 Å². The van der Waals surface area contributed by atoms with Gasteiger partial charge in [-0.3, -0.25) is 0 Å². The summed E-state index contributed by atoms with van der Waals surface area (Å²) in [6.07, 6.45) is 1.19. The Morgan fingerprint density at radius 3 is 1.67 bits per heavy atom. The Hall–Kier alpha value is 0.798. The summed E-state index contributed by atoms with van der Waals surface area (Å²) in [5, 5.41) is 0. The largest absolute Gasteiger partial charge is 0.358 e. The van der Waals surface area contributed by atoms with Crippen LogP contribution in [0.15, 0.2) is 0 Å². The fraction of sp³-hybridized carbons (Fsp3) is 0.500. The van der Waals surface area contributed by atoms with Crippen molar-refractivity contribution < 1.29 is 29.8 Å². The van der Waals surface area contributed by atoms with Gasteiger partial charge in [-0.05, 0) is 0 Å². The van der Waals surface area contributed by atoms with Crippen LogP contribution in [-0.4, -0.2) is 15.0 Å². The van der Waals surface area contributed by atoms with E-state index >= 15 is 0 Å². The maximum absolute atomic E-state index is 9.11. The van der Waals surface area contributed by atoms with Gasteiger partial charge in [0.25, 0.3) is 0 Å². The topological polar surface area (TPSA) is 37.3 Å². The van der Waals surface area contributed by atoms with Crippen LogP contribution >= 0.6 is 0 Å². The van der Waals surface area contributed by atoms with Crippen molar-refractivity contribution in [1.82, 2.24) is 0 Å². The van der Waals surface area contributed by atoms with Gasteiger partial charge in [0.2, 0.25) is 0 Å². The molecule has 0 aromatic carbocycles. The van der Waals surface area contributed by atoms with Crippen LogP contribution in [0.1, 0.15) is 0 Å². The third-order valence-corrected chi connectivity index (χ3v) is 0. The van der Waals surface area contributed by atoms with Crippen LogP contribution in [0, 0.1) is 7.43 Å². The molecule has 0 heterocycles. The maximum Gasteiger partial charge on any atom is 0.149 e. The van der Waals surface area contributed by atoms with Crippen molar-refractivity contribution >= 4 is 11.1 Å². The second-order valence-corrected chi connectivity index (χ2v) is 1.27. The van der Waals surface area contributed by atoms with Crippen LogP contribution in [0.4, 0.5) is 0 Å². The van der Waals surface area contributed by atoms with Gasteiger partial charge in [-0.2, -0.15) is 0 Å². The van der Waals surface area contributed by atoms with Crippen LogP contribution in [0.3, 0.4) is 0 Å². The first-order chi connectivity index (χ1) is 1.73. The minimum Gasteiger partial charge on any atom is -0.358 e. The van der Waals surface area contributed by atoms with E-state index in [1.54, 1.807) is 0 Å². The van der Waals surface area contributed by atoms with Gasteiger partial charge in [-0.15, -0.1) is 0 Å². The first kappa shape index (κ1) is 15.8. The molecule has 0 rings (SSSR count). The molecule has 0 bridgehead atoms. The standard InChI is InChI=1S/CH4O2S.CH3.W/c1-4(2)3;;/h1H3,(H,2,3);1H3;/q;-1;. The van der Waals surface area contributed by atoms with Gasteiger partial charge in [0, 0.05) is 27.3 Å². The average Bonchev–Trinajstić information content (AvgIpc) is 0.811. The summed E-state index contributed by atoms with van der Waals surface area (Å²) < 4.78 is 16.6. The smallest absolute Gasteiger partial charge is 0.149 e.